The van der Waals surface area contributed by atoms with Gasteiger partial charge >= 0.3 is 6.36 Å². The van der Waals surface area contributed by atoms with Crippen LogP contribution in [0, 0.1) is 0 Å². The number of nitrogens with one attached hydrogen (secondary N) is 1. The molecule has 0 aromatic heterocycles. The van der Waals surface area contributed by atoms with Crippen molar-refractivity contribution in [2.45, 2.75) is 25.9 Å². The highest BCUT2D eigenvalue weighted by molar-refractivity contribution is 6.00. The molecule has 0 aliphatic carbocycles. The first-order valence-electron chi connectivity index (χ1n) is 6.18. The molecule has 2 rings (SSSR count). The Morgan fingerprint density at radius 1 is 1.29 bits per heavy atom. The van der Waals surface area contributed by atoms with E-state index in [0.717, 1.165) is 17.0 Å². The van der Waals surface area contributed by atoms with Gasteiger partial charge in [-0.1, -0.05) is 12.1 Å². The molecule has 0 radical (unpaired) electrons. The Morgan fingerprint density at radius 3 is 2.48 bits per heavy atom. The third-order valence-electron chi connectivity index (χ3n) is 2.99. The summed E-state index contributed by atoms with van der Waals surface area (Å²) in [6, 6.07) is 4.59. The van der Waals surface area contributed by atoms with Gasteiger partial charge in [0, 0.05) is 0 Å². The van der Waals surface area contributed by atoms with Gasteiger partial charge in [-0.25, -0.2) is 0 Å². The molecule has 1 aliphatic heterocycles. The molecule has 0 spiro atoms. The van der Waals surface area contributed by atoms with E-state index in [1.807, 2.05) is 0 Å². The van der Waals surface area contributed by atoms with Crippen LogP contribution in [0.5, 0.6) is 5.75 Å². The van der Waals surface area contributed by atoms with Gasteiger partial charge in [0.25, 0.3) is 0 Å². The van der Waals surface area contributed by atoms with Crippen LogP contribution in [-0.2, 0) is 16.1 Å². The maximum Gasteiger partial charge on any atom is 0.573 e. The number of rotatable bonds is 3. The lowest BCUT2D eigenvalue weighted by Gasteiger charge is -2.29. The smallest absolute Gasteiger partial charge is 0.406 e. The van der Waals surface area contributed by atoms with Gasteiger partial charge in [0.1, 0.15) is 5.75 Å². The molecule has 1 aromatic carbocycles. The molecule has 2 amide bonds. The molecule has 0 bridgehead atoms. The van der Waals surface area contributed by atoms with Crippen molar-refractivity contribution in [2.24, 2.45) is 0 Å². The molecule has 1 aromatic rings. The third-order valence-corrected chi connectivity index (χ3v) is 2.99. The fraction of sp³-hybridized carbons (Fsp3) is 0.385. The van der Waals surface area contributed by atoms with Crippen LogP contribution in [0.3, 0.4) is 0 Å². The molecule has 8 heteroatoms. The number of imide groups is 1. The van der Waals surface area contributed by atoms with Crippen molar-refractivity contribution in [3.63, 3.8) is 0 Å². The van der Waals surface area contributed by atoms with E-state index in [9.17, 15) is 22.8 Å². The molecule has 1 atom stereocenters. The standard InChI is InChI=1S/C13H13F3N2O3/c1-8-12(20)18(11(19)6-17-8)7-9-2-4-10(5-3-9)21-13(14,15)16/h2-5,8,17H,6-7H2,1H3. The highest BCUT2D eigenvalue weighted by Gasteiger charge is 2.32. The zero-order chi connectivity index (χ0) is 15.6. The average Bonchev–Trinajstić information content (AvgIpc) is 2.39. The number of benzene rings is 1. The minimum absolute atomic E-state index is 0.0238. The molecular formula is C13H13F3N2O3. The lowest BCUT2D eigenvalue weighted by molar-refractivity contribution is -0.274. The van der Waals surface area contributed by atoms with Gasteiger partial charge in [0.05, 0.1) is 19.1 Å². The van der Waals surface area contributed by atoms with Crippen molar-refractivity contribution in [1.29, 1.82) is 0 Å². The first kappa shape index (κ1) is 15.3. The van der Waals surface area contributed by atoms with Crippen LogP contribution in [0.25, 0.3) is 0 Å². The highest BCUT2D eigenvalue weighted by atomic mass is 19.4. The zero-order valence-corrected chi connectivity index (χ0v) is 11.1. The van der Waals surface area contributed by atoms with Gasteiger partial charge in [-0.05, 0) is 24.6 Å². The summed E-state index contributed by atoms with van der Waals surface area (Å²) in [6.45, 7) is 1.72. The number of ether oxygens (including phenoxy) is 1. The number of carbonyl (C=O) groups excluding carboxylic acids is 2. The molecule has 5 nitrogen and oxygen atoms in total. The van der Waals surface area contributed by atoms with Crippen LogP contribution in [0.15, 0.2) is 24.3 Å². The number of halogens is 3. The average molecular weight is 302 g/mol. The number of alkyl halides is 3. The summed E-state index contributed by atoms with van der Waals surface area (Å²) in [5.41, 5.74) is 0.542. The first-order chi connectivity index (χ1) is 9.76. The number of carbonyl (C=O) groups is 2. The Kier molecular flexibility index (Phi) is 4.17. The third kappa shape index (κ3) is 3.94. The van der Waals surface area contributed by atoms with Crippen molar-refractivity contribution in [3.8, 4) is 5.75 Å². The van der Waals surface area contributed by atoms with Crippen LogP contribution in [0.1, 0.15) is 12.5 Å². The monoisotopic (exact) mass is 302 g/mol. The summed E-state index contributed by atoms with van der Waals surface area (Å²) in [7, 11) is 0. The maximum atomic E-state index is 12.0. The van der Waals surface area contributed by atoms with Crippen LogP contribution >= 0.6 is 0 Å². The SMILES string of the molecule is CC1NCC(=O)N(Cc2ccc(OC(F)(F)F)cc2)C1=O. The van der Waals surface area contributed by atoms with E-state index in [-0.39, 0.29) is 30.7 Å². The van der Waals surface area contributed by atoms with Gasteiger partial charge in [0.15, 0.2) is 0 Å². The molecule has 0 saturated carbocycles. The van der Waals surface area contributed by atoms with Crippen LogP contribution in [0.4, 0.5) is 13.2 Å². The molecular weight excluding hydrogens is 289 g/mol. The van der Waals surface area contributed by atoms with E-state index >= 15 is 0 Å². The normalized spacial score (nSPS) is 19.8. The number of hydrogen-bond donors (Lipinski definition) is 1. The Hall–Kier alpha value is -2.09. The van der Waals surface area contributed by atoms with Gasteiger partial charge in [0.2, 0.25) is 11.8 Å². The molecule has 1 heterocycles. The lowest BCUT2D eigenvalue weighted by atomic mass is 10.1. The van der Waals surface area contributed by atoms with Crippen molar-refractivity contribution < 1.29 is 27.5 Å². The van der Waals surface area contributed by atoms with E-state index in [2.05, 4.69) is 10.1 Å². The van der Waals surface area contributed by atoms with Crippen LogP contribution < -0.4 is 10.1 Å². The summed E-state index contributed by atoms with van der Waals surface area (Å²) in [6.07, 6.45) is -4.75. The second-order valence-electron chi connectivity index (χ2n) is 4.61. The maximum absolute atomic E-state index is 12.0. The lowest BCUT2D eigenvalue weighted by Crippen LogP contribution is -2.56. The molecule has 1 N–H and O–H groups in total. The minimum Gasteiger partial charge on any atom is -0.406 e. The van der Waals surface area contributed by atoms with E-state index in [1.54, 1.807) is 6.92 Å². The Labute approximate surface area is 118 Å². The molecule has 1 fully saturated rings. The molecule has 114 valence electrons. The van der Waals surface area contributed by atoms with E-state index in [0.29, 0.717) is 5.56 Å². The van der Waals surface area contributed by atoms with E-state index < -0.39 is 12.4 Å². The van der Waals surface area contributed by atoms with Gasteiger partial charge < -0.3 is 4.74 Å². The van der Waals surface area contributed by atoms with Crippen molar-refractivity contribution in [3.05, 3.63) is 29.8 Å². The van der Waals surface area contributed by atoms with Crippen molar-refractivity contribution >= 4 is 11.8 Å². The second kappa shape index (κ2) is 5.72. The molecule has 1 aliphatic rings. The fourth-order valence-corrected chi connectivity index (χ4v) is 1.93. The van der Waals surface area contributed by atoms with Crippen molar-refractivity contribution in [2.75, 3.05) is 6.54 Å². The Bertz CT molecular complexity index is 543. The minimum atomic E-state index is -4.75. The predicted octanol–water partition coefficient (Wildman–Crippen LogP) is 1.43. The molecule has 1 unspecified atom stereocenters. The largest absolute Gasteiger partial charge is 0.573 e. The zero-order valence-electron chi connectivity index (χ0n) is 11.1. The number of hydrogen-bond acceptors (Lipinski definition) is 4. The second-order valence-corrected chi connectivity index (χ2v) is 4.61. The van der Waals surface area contributed by atoms with Gasteiger partial charge in [-0.3, -0.25) is 19.8 Å². The number of nitrogens with zero attached hydrogens (tertiary/aromatic N) is 1. The Balaban J connectivity index is 2.06. The van der Waals surface area contributed by atoms with Gasteiger partial charge in [-0.2, -0.15) is 0 Å². The Morgan fingerprint density at radius 2 is 1.90 bits per heavy atom. The van der Waals surface area contributed by atoms with E-state index in [4.69, 9.17) is 0 Å². The van der Waals surface area contributed by atoms with Crippen LogP contribution in [-0.4, -0.2) is 35.7 Å². The summed E-state index contributed by atoms with van der Waals surface area (Å²) in [5.74, 6) is -1.08. The van der Waals surface area contributed by atoms with Crippen molar-refractivity contribution in [1.82, 2.24) is 10.2 Å². The quantitative estimate of drug-likeness (QED) is 0.858. The fourth-order valence-electron chi connectivity index (χ4n) is 1.93. The summed E-state index contributed by atoms with van der Waals surface area (Å²) < 4.78 is 39.8. The summed E-state index contributed by atoms with van der Waals surface area (Å²) in [5, 5.41) is 2.75. The number of amides is 2. The highest BCUT2D eigenvalue weighted by Crippen LogP contribution is 2.23. The first-order valence-corrected chi connectivity index (χ1v) is 6.18. The van der Waals surface area contributed by atoms with Gasteiger partial charge in [-0.15, -0.1) is 13.2 Å². The van der Waals surface area contributed by atoms with Crippen LogP contribution in [0.2, 0.25) is 0 Å². The van der Waals surface area contributed by atoms with E-state index in [1.165, 1.54) is 12.1 Å². The topological polar surface area (TPSA) is 58.6 Å². The summed E-state index contributed by atoms with van der Waals surface area (Å²) in [4.78, 5) is 24.6. The molecule has 21 heavy (non-hydrogen) atoms. The number of piperazine rings is 1. The summed E-state index contributed by atoms with van der Waals surface area (Å²) >= 11 is 0. The molecule has 1 saturated heterocycles. The predicted molar refractivity (Wildman–Crippen MR) is 66.1 cm³/mol.